The summed E-state index contributed by atoms with van der Waals surface area (Å²) in [6, 6.07) is 21.3. The Balaban J connectivity index is 1.70. The standard InChI is InChI=1S/C30H36S3/c1-4-7-10-25-13-16-28(31-25)22-19-23(29-17-14-26(32-29)11-8-5-2)21-24(20-22)30-18-15-27(33-30)12-9-6-3/h13-21H,4-12H2,1-3H3. The minimum atomic E-state index is 1.20. The van der Waals surface area contributed by atoms with E-state index in [4.69, 9.17) is 0 Å². The molecule has 3 heterocycles. The molecule has 4 aromatic rings. The maximum Gasteiger partial charge on any atom is 0.0346 e. The molecule has 0 spiro atoms. The second kappa shape index (κ2) is 12.1. The molecule has 0 bridgehead atoms. The smallest absolute Gasteiger partial charge is 0.0346 e. The zero-order valence-electron chi connectivity index (χ0n) is 20.3. The quantitative estimate of drug-likeness (QED) is 0.184. The Hall–Kier alpha value is -1.68. The lowest BCUT2D eigenvalue weighted by Crippen LogP contribution is -1.81. The molecule has 0 saturated heterocycles. The van der Waals surface area contributed by atoms with E-state index in [1.807, 2.05) is 34.0 Å². The average molecular weight is 493 g/mol. The molecule has 174 valence electrons. The van der Waals surface area contributed by atoms with Gasteiger partial charge in [-0.2, -0.15) is 0 Å². The third-order valence-electron chi connectivity index (χ3n) is 6.10. The molecule has 4 rings (SSSR count). The molecule has 0 amide bonds. The monoisotopic (exact) mass is 492 g/mol. The minimum Gasteiger partial charge on any atom is -0.140 e. The molecule has 0 aliphatic rings. The van der Waals surface area contributed by atoms with Crippen LogP contribution < -0.4 is 0 Å². The van der Waals surface area contributed by atoms with E-state index in [2.05, 4.69) is 75.4 Å². The molecule has 0 nitrogen and oxygen atoms in total. The van der Waals surface area contributed by atoms with Gasteiger partial charge in [0.25, 0.3) is 0 Å². The van der Waals surface area contributed by atoms with Crippen LogP contribution in [0, 0.1) is 0 Å². The lowest BCUT2D eigenvalue weighted by atomic mass is 10.0. The first-order valence-electron chi connectivity index (χ1n) is 12.6. The van der Waals surface area contributed by atoms with E-state index in [1.54, 1.807) is 0 Å². The second-order valence-corrected chi connectivity index (χ2v) is 12.4. The number of unbranched alkanes of at least 4 members (excludes halogenated alkanes) is 3. The molecule has 0 unspecified atom stereocenters. The minimum absolute atomic E-state index is 1.20. The third-order valence-corrected chi connectivity index (χ3v) is 9.68. The molecular formula is C30H36S3. The fourth-order valence-corrected chi connectivity index (χ4v) is 7.22. The van der Waals surface area contributed by atoms with Gasteiger partial charge in [-0.05, 0) is 110 Å². The van der Waals surface area contributed by atoms with Crippen molar-refractivity contribution in [2.45, 2.75) is 78.6 Å². The lowest BCUT2D eigenvalue weighted by molar-refractivity contribution is 0.804. The Bertz CT molecular complexity index is 985. The van der Waals surface area contributed by atoms with Crippen molar-refractivity contribution < 1.29 is 0 Å². The molecule has 3 aromatic heterocycles. The Kier molecular flexibility index (Phi) is 9.00. The fourth-order valence-electron chi connectivity index (χ4n) is 4.11. The van der Waals surface area contributed by atoms with Gasteiger partial charge in [-0.1, -0.05) is 40.0 Å². The highest BCUT2D eigenvalue weighted by atomic mass is 32.1. The van der Waals surface area contributed by atoms with Gasteiger partial charge in [-0.3, -0.25) is 0 Å². The molecule has 1 aromatic carbocycles. The van der Waals surface area contributed by atoms with Crippen LogP contribution in [0.5, 0.6) is 0 Å². The van der Waals surface area contributed by atoms with Crippen LogP contribution in [0.15, 0.2) is 54.6 Å². The predicted octanol–water partition coefficient (Wildman–Crippen LogP) is 10.9. The summed E-state index contributed by atoms with van der Waals surface area (Å²) in [5, 5.41) is 0. The number of benzene rings is 1. The number of aryl methyl sites for hydroxylation is 3. The normalized spacial score (nSPS) is 11.4. The second-order valence-electron chi connectivity index (χ2n) is 8.91. The van der Waals surface area contributed by atoms with Crippen LogP contribution in [0.25, 0.3) is 31.3 Å². The number of hydrogen-bond acceptors (Lipinski definition) is 3. The summed E-state index contributed by atoms with van der Waals surface area (Å²) < 4.78 is 0. The number of thiophene rings is 3. The van der Waals surface area contributed by atoms with Crippen molar-refractivity contribution >= 4 is 34.0 Å². The van der Waals surface area contributed by atoms with Crippen LogP contribution >= 0.6 is 34.0 Å². The highest BCUT2D eigenvalue weighted by molar-refractivity contribution is 7.16. The van der Waals surface area contributed by atoms with E-state index < -0.39 is 0 Å². The fraction of sp³-hybridized carbons (Fsp3) is 0.400. The first-order chi connectivity index (χ1) is 16.2. The van der Waals surface area contributed by atoms with E-state index >= 15 is 0 Å². The van der Waals surface area contributed by atoms with Crippen molar-refractivity contribution in [3.8, 4) is 31.3 Å². The molecule has 0 atom stereocenters. The van der Waals surface area contributed by atoms with Crippen LogP contribution in [0.1, 0.15) is 73.9 Å². The van der Waals surface area contributed by atoms with E-state index in [1.165, 1.54) is 104 Å². The molecule has 0 radical (unpaired) electrons. The first-order valence-corrected chi connectivity index (χ1v) is 15.1. The molecule has 0 aliphatic carbocycles. The average Bonchev–Trinajstić information content (AvgIpc) is 3.60. The van der Waals surface area contributed by atoms with E-state index in [0.717, 1.165) is 0 Å². The summed E-state index contributed by atoms with van der Waals surface area (Å²) in [7, 11) is 0. The van der Waals surface area contributed by atoms with Crippen molar-refractivity contribution in [1.82, 2.24) is 0 Å². The van der Waals surface area contributed by atoms with Crippen molar-refractivity contribution in [3.05, 3.63) is 69.2 Å². The van der Waals surface area contributed by atoms with Gasteiger partial charge < -0.3 is 0 Å². The Labute approximate surface area is 212 Å². The molecule has 0 aliphatic heterocycles. The van der Waals surface area contributed by atoms with Gasteiger partial charge in [-0.15, -0.1) is 34.0 Å². The van der Waals surface area contributed by atoms with E-state index in [9.17, 15) is 0 Å². The molecule has 33 heavy (non-hydrogen) atoms. The van der Waals surface area contributed by atoms with E-state index in [0.29, 0.717) is 0 Å². The van der Waals surface area contributed by atoms with Crippen molar-refractivity contribution in [1.29, 1.82) is 0 Å². The molecule has 0 N–H and O–H groups in total. The van der Waals surface area contributed by atoms with Crippen LogP contribution in [-0.4, -0.2) is 0 Å². The Morgan fingerprint density at radius 1 is 0.455 bits per heavy atom. The van der Waals surface area contributed by atoms with Crippen LogP contribution in [0.4, 0.5) is 0 Å². The lowest BCUT2D eigenvalue weighted by Gasteiger charge is -2.08. The van der Waals surface area contributed by atoms with Gasteiger partial charge in [-0.25, -0.2) is 0 Å². The summed E-state index contributed by atoms with van der Waals surface area (Å²) >= 11 is 5.92. The summed E-state index contributed by atoms with van der Waals surface area (Å²) in [4.78, 5) is 8.72. The number of rotatable bonds is 12. The molecule has 3 heteroatoms. The first kappa shape index (κ1) is 24.4. The van der Waals surface area contributed by atoms with Crippen LogP contribution in [-0.2, 0) is 19.3 Å². The summed E-state index contributed by atoms with van der Waals surface area (Å²) in [6.07, 6.45) is 11.2. The Morgan fingerprint density at radius 3 is 1.03 bits per heavy atom. The topological polar surface area (TPSA) is 0 Å². The maximum atomic E-state index is 2.42. The van der Waals surface area contributed by atoms with Crippen LogP contribution in [0.2, 0.25) is 0 Å². The zero-order chi connectivity index (χ0) is 23.0. The van der Waals surface area contributed by atoms with Crippen molar-refractivity contribution in [3.63, 3.8) is 0 Å². The third kappa shape index (κ3) is 6.47. The van der Waals surface area contributed by atoms with E-state index in [-0.39, 0.29) is 0 Å². The van der Waals surface area contributed by atoms with Crippen LogP contribution in [0.3, 0.4) is 0 Å². The largest absolute Gasteiger partial charge is 0.140 e. The van der Waals surface area contributed by atoms with Gasteiger partial charge >= 0.3 is 0 Å². The van der Waals surface area contributed by atoms with Gasteiger partial charge in [0.05, 0.1) is 0 Å². The SMILES string of the molecule is CCCCc1ccc(-c2cc(-c3ccc(CCCC)s3)cc(-c3ccc(CCCC)s3)c2)s1. The highest BCUT2D eigenvalue weighted by Crippen LogP contribution is 2.40. The Morgan fingerprint density at radius 2 is 0.758 bits per heavy atom. The predicted molar refractivity (Wildman–Crippen MR) is 152 cm³/mol. The maximum absolute atomic E-state index is 2.42. The van der Waals surface area contributed by atoms with Crippen molar-refractivity contribution in [2.75, 3.05) is 0 Å². The van der Waals surface area contributed by atoms with Gasteiger partial charge in [0.15, 0.2) is 0 Å². The highest BCUT2D eigenvalue weighted by Gasteiger charge is 2.12. The molecule has 0 fully saturated rings. The molecule has 0 saturated carbocycles. The summed E-state index contributed by atoms with van der Waals surface area (Å²) in [5.74, 6) is 0. The van der Waals surface area contributed by atoms with Gasteiger partial charge in [0.1, 0.15) is 0 Å². The summed E-state index contributed by atoms with van der Waals surface area (Å²) in [6.45, 7) is 6.82. The zero-order valence-corrected chi connectivity index (χ0v) is 22.7. The van der Waals surface area contributed by atoms with Gasteiger partial charge in [0, 0.05) is 29.3 Å². The molecular weight excluding hydrogens is 457 g/mol. The number of hydrogen-bond donors (Lipinski definition) is 0. The van der Waals surface area contributed by atoms with Crippen molar-refractivity contribution in [2.24, 2.45) is 0 Å². The summed E-state index contributed by atoms with van der Waals surface area (Å²) in [5.41, 5.74) is 4.09. The van der Waals surface area contributed by atoms with Gasteiger partial charge in [0.2, 0.25) is 0 Å².